The minimum atomic E-state index is -0.801. The van der Waals surface area contributed by atoms with Gasteiger partial charge in [0.05, 0.1) is 21.7 Å². The predicted octanol–water partition coefficient (Wildman–Crippen LogP) is 6.64. The van der Waals surface area contributed by atoms with Crippen molar-refractivity contribution in [2.24, 2.45) is 0 Å². The molecule has 1 aliphatic rings. The van der Waals surface area contributed by atoms with Gasteiger partial charge in [-0.2, -0.15) is 0 Å². The third kappa shape index (κ3) is 6.30. The molecule has 8 heteroatoms. The molecule has 3 aromatic rings. The van der Waals surface area contributed by atoms with E-state index >= 15 is 0 Å². The number of aliphatic hydroxyl groups excluding tert-OH is 1. The molecular formula is C31H32Cl2N2O4. The first-order valence-electron chi connectivity index (χ1n) is 13.0. The van der Waals surface area contributed by atoms with Crippen LogP contribution in [-0.4, -0.2) is 52.8 Å². The summed E-state index contributed by atoms with van der Waals surface area (Å²) < 4.78 is 5.97. The lowest BCUT2D eigenvalue weighted by Crippen LogP contribution is -2.38. The van der Waals surface area contributed by atoms with E-state index in [0.717, 1.165) is 24.2 Å². The van der Waals surface area contributed by atoms with Crippen molar-refractivity contribution in [2.45, 2.75) is 33.4 Å². The van der Waals surface area contributed by atoms with E-state index in [1.165, 1.54) is 4.90 Å². The SMILES string of the molecule is CCN(CC)CCN1C(=O)C(=O)/C(=C(/O)c2ccc(OCc3ccccc3)c(C)c2)[C@@H]1c1ccc(Cl)c(Cl)c1. The highest BCUT2D eigenvalue weighted by atomic mass is 35.5. The highest BCUT2D eigenvalue weighted by Crippen LogP contribution is 2.41. The second-order valence-corrected chi connectivity index (χ2v) is 10.3. The van der Waals surface area contributed by atoms with Crippen LogP contribution in [-0.2, 0) is 16.2 Å². The predicted molar refractivity (Wildman–Crippen MR) is 155 cm³/mol. The Kier molecular flexibility index (Phi) is 9.33. The molecule has 1 atom stereocenters. The zero-order valence-corrected chi connectivity index (χ0v) is 23.8. The topological polar surface area (TPSA) is 70.1 Å². The molecule has 0 saturated carbocycles. The van der Waals surface area contributed by atoms with Gasteiger partial charge in [0.25, 0.3) is 11.7 Å². The summed E-state index contributed by atoms with van der Waals surface area (Å²) in [6.45, 7) is 8.90. The van der Waals surface area contributed by atoms with Crippen LogP contribution in [0.15, 0.2) is 72.3 Å². The summed E-state index contributed by atoms with van der Waals surface area (Å²) in [6, 6.07) is 19.2. The third-order valence-electron chi connectivity index (χ3n) is 7.04. The molecule has 1 fully saturated rings. The molecule has 4 rings (SSSR count). The lowest BCUT2D eigenvalue weighted by molar-refractivity contribution is -0.140. The van der Waals surface area contributed by atoms with Crippen molar-refractivity contribution in [3.05, 3.63) is 105 Å². The van der Waals surface area contributed by atoms with Crippen molar-refractivity contribution in [3.8, 4) is 5.75 Å². The molecule has 6 nitrogen and oxygen atoms in total. The molecular weight excluding hydrogens is 535 g/mol. The number of nitrogens with zero attached hydrogens (tertiary/aromatic N) is 2. The van der Waals surface area contributed by atoms with Crippen molar-refractivity contribution in [1.82, 2.24) is 9.80 Å². The Balaban J connectivity index is 1.71. The lowest BCUT2D eigenvalue weighted by Gasteiger charge is -2.28. The Hall–Kier alpha value is -3.32. The summed E-state index contributed by atoms with van der Waals surface area (Å²) in [7, 11) is 0. The van der Waals surface area contributed by atoms with Crippen LogP contribution < -0.4 is 4.74 Å². The minimum Gasteiger partial charge on any atom is -0.507 e. The molecule has 1 saturated heterocycles. The molecule has 0 aromatic heterocycles. The van der Waals surface area contributed by atoms with Gasteiger partial charge >= 0.3 is 0 Å². The standard InChI is InChI=1S/C31H32Cl2N2O4/c1-4-34(5-2)15-16-35-28(22-11-13-24(32)25(33)18-22)27(30(37)31(35)38)29(36)23-12-14-26(20(3)17-23)39-19-21-9-7-6-8-10-21/h6-14,17-18,28,36H,4-5,15-16,19H2,1-3H3/b29-27+/t28-/m0/s1. The van der Waals surface area contributed by atoms with E-state index in [4.69, 9.17) is 27.9 Å². The molecule has 0 spiro atoms. The van der Waals surface area contributed by atoms with Gasteiger partial charge in [-0.3, -0.25) is 9.59 Å². The fourth-order valence-electron chi connectivity index (χ4n) is 4.78. The van der Waals surface area contributed by atoms with Gasteiger partial charge in [-0.1, -0.05) is 73.4 Å². The normalized spacial score (nSPS) is 16.8. The number of halogens is 2. The van der Waals surface area contributed by atoms with Gasteiger partial charge in [0, 0.05) is 18.7 Å². The largest absolute Gasteiger partial charge is 0.507 e. The summed E-state index contributed by atoms with van der Waals surface area (Å²) >= 11 is 12.5. The molecule has 1 heterocycles. The number of carbonyl (C=O) groups excluding carboxylic acids is 2. The van der Waals surface area contributed by atoms with Crippen LogP contribution in [0.3, 0.4) is 0 Å². The maximum atomic E-state index is 13.4. The van der Waals surface area contributed by atoms with Crippen LogP contribution in [0.1, 0.15) is 42.1 Å². The summed E-state index contributed by atoms with van der Waals surface area (Å²) in [6.07, 6.45) is 0. The number of hydrogen-bond acceptors (Lipinski definition) is 5. The second-order valence-electron chi connectivity index (χ2n) is 9.45. The summed E-state index contributed by atoms with van der Waals surface area (Å²) in [5.74, 6) is -0.965. The number of carbonyl (C=O) groups is 2. The number of ether oxygens (including phenoxy) is 1. The van der Waals surface area contributed by atoms with Crippen molar-refractivity contribution < 1.29 is 19.4 Å². The molecule has 204 valence electrons. The maximum Gasteiger partial charge on any atom is 0.295 e. The number of benzene rings is 3. The number of aliphatic hydroxyl groups is 1. The number of amides is 1. The first kappa shape index (κ1) is 28.7. The molecule has 0 aliphatic carbocycles. The van der Waals surface area contributed by atoms with Gasteiger partial charge in [-0.05, 0) is 67.0 Å². The van der Waals surface area contributed by atoms with Gasteiger partial charge in [0.1, 0.15) is 18.1 Å². The van der Waals surface area contributed by atoms with Crippen molar-refractivity contribution in [2.75, 3.05) is 26.2 Å². The summed E-state index contributed by atoms with van der Waals surface area (Å²) in [4.78, 5) is 30.3. The van der Waals surface area contributed by atoms with Crippen molar-refractivity contribution >= 4 is 40.7 Å². The van der Waals surface area contributed by atoms with E-state index in [1.807, 2.05) is 51.1 Å². The zero-order valence-electron chi connectivity index (χ0n) is 22.3. The fraction of sp³-hybridized carbons (Fsp3) is 0.290. The van der Waals surface area contributed by atoms with Gasteiger partial charge in [-0.25, -0.2) is 0 Å². The van der Waals surface area contributed by atoms with E-state index in [-0.39, 0.29) is 11.3 Å². The second kappa shape index (κ2) is 12.7. The number of likely N-dealkylation sites (tertiary alicyclic amines) is 1. The molecule has 0 unspecified atom stereocenters. The summed E-state index contributed by atoms with van der Waals surface area (Å²) in [5.41, 5.74) is 2.87. The van der Waals surface area contributed by atoms with Crippen molar-refractivity contribution in [3.63, 3.8) is 0 Å². The molecule has 0 radical (unpaired) electrons. The molecule has 0 bridgehead atoms. The Morgan fingerprint density at radius 3 is 2.33 bits per heavy atom. The Bertz CT molecular complexity index is 1390. The minimum absolute atomic E-state index is 0.0234. The quantitative estimate of drug-likeness (QED) is 0.169. The Labute approximate surface area is 239 Å². The first-order chi connectivity index (χ1) is 18.7. The number of aryl methyl sites for hydroxylation is 1. The van der Waals surface area contributed by atoms with Crippen LogP contribution in [0.5, 0.6) is 5.75 Å². The Morgan fingerprint density at radius 2 is 1.69 bits per heavy atom. The average molecular weight is 568 g/mol. The van der Waals surface area contributed by atoms with E-state index < -0.39 is 17.7 Å². The lowest BCUT2D eigenvalue weighted by atomic mass is 9.94. The van der Waals surface area contributed by atoms with E-state index in [0.29, 0.717) is 46.6 Å². The first-order valence-corrected chi connectivity index (χ1v) is 13.7. The molecule has 1 N–H and O–H groups in total. The third-order valence-corrected chi connectivity index (χ3v) is 7.78. The molecule has 1 aliphatic heterocycles. The van der Waals surface area contributed by atoms with Crippen LogP contribution in [0.4, 0.5) is 0 Å². The van der Waals surface area contributed by atoms with Gasteiger partial charge < -0.3 is 19.6 Å². The van der Waals surface area contributed by atoms with E-state index in [9.17, 15) is 14.7 Å². The Morgan fingerprint density at radius 1 is 0.974 bits per heavy atom. The zero-order chi connectivity index (χ0) is 28.1. The number of ketones is 1. The van der Waals surface area contributed by atoms with Gasteiger partial charge in [0.2, 0.25) is 0 Å². The smallest absolute Gasteiger partial charge is 0.295 e. The molecule has 3 aromatic carbocycles. The maximum absolute atomic E-state index is 13.4. The van der Waals surface area contributed by atoms with Crippen LogP contribution in [0.2, 0.25) is 10.0 Å². The van der Waals surface area contributed by atoms with Crippen LogP contribution in [0.25, 0.3) is 5.76 Å². The average Bonchev–Trinajstić information content (AvgIpc) is 3.19. The molecule has 39 heavy (non-hydrogen) atoms. The van der Waals surface area contributed by atoms with Crippen LogP contribution in [0, 0.1) is 6.92 Å². The number of rotatable bonds is 10. The fourth-order valence-corrected chi connectivity index (χ4v) is 5.08. The number of hydrogen-bond donors (Lipinski definition) is 1. The van der Waals surface area contributed by atoms with Gasteiger partial charge in [0.15, 0.2) is 0 Å². The van der Waals surface area contributed by atoms with Crippen LogP contribution >= 0.6 is 23.2 Å². The van der Waals surface area contributed by atoms with E-state index in [1.54, 1.807) is 36.4 Å². The van der Waals surface area contributed by atoms with Gasteiger partial charge in [-0.15, -0.1) is 0 Å². The highest BCUT2D eigenvalue weighted by Gasteiger charge is 2.46. The monoisotopic (exact) mass is 566 g/mol. The van der Waals surface area contributed by atoms with Crippen molar-refractivity contribution in [1.29, 1.82) is 0 Å². The number of likely N-dealkylation sites (N-methyl/N-ethyl adjacent to an activating group) is 1. The number of Topliss-reactive ketones (excluding diaryl/α,β-unsaturated/α-hetero) is 1. The van der Waals surface area contributed by atoms with E-state index in [2.05, 4.69) is 4.90 Å². The summed E-state index contributed by atoms with van der Waals surface area (Å²) in [5, 5.41) is 12.1. The molecule has 1 amide bonds. The highest BCUT2D eigenvalue weighted by molar-refractivity contribution is 6.46.